The SMILES string of the molecule is C[C@H](N)C(=O)N1CCC[C@H]1C(=O)OC1(C(N)=O)CCCCC1. The Morgan fingerprint density at radius 2 is 1.82 bits per heavy atom. The van der Waals surface area contributed by atoms with Crippen molar-refractivity contribution in [2.45, 2.75) is 69.6 Å². The van der Waals surface area contributed by atoms with E-state index >= 15 is 0 Å². The van der Waals surface area contributed by atoms with Crippen LogP contribution >= 0.6 is 0 Å². The van der Waals surface area contributed by atoms with Gasteiger partial charge in [-0.3, -0.25) is 9.59 Å². The predicted octanol–water partition coefficient (Wildman–Crippen LogP) is 0.0560. The van der Waals surface area contributed by atoms with Gasteiger partial charge in [0.15, 0.2) is 5.60 Å². The van der Waals surface area contributed by atoms with Gasteiger partial charge in [0.05, 0.1) is 6.04 Å². The van der Waals surface area contributed by atoms with Gasteiger partial charge in [0.1, 0.15) is 6.04 Å². The van der Waals surface area contributed by atoms with Crippen LogP contribution in [-0.4, -0.2) is 46.9 Å². The van der Waals surface area contributed by atoms with Crippen LogP contribution in [0.15, 0.2) is 0 Å². The maximum Gasteiger partial charge on any atom is 0.329 e. The summed E-state index contributed by atoms with van der Waals surface area (Å²) >= 11 is 0. The van der Waals surface area contributed by atoms with Crippen molar-refractivity contribution in [1.82, 2.24) is 4.90 Å². The zero-order chi connectivity index (χ0) is 16.3. The molecule has 7 heteroatoms. The number of hydrogen-bond donors (Lipinski definition) is 2. The van der Waals surface area contributed by atoms with Gasteiger partial charge in [-0.05, 0) is 45.4 Å². The number of amides is 2. The molecule has 1 heterocycles. The summed E-state index contributed by atoms with van der Waals surface area (Å²) in [6.45, 7) is 2.08. The first-order valence-corrected chi connectivity index (χ1v) is 7.96. The first-order chi connectivity index (χ1) is 10.4. The van der Waals surface area contributed by atoms with Crippen molar-refractivity contribution in [2.75, 3.05) is 6.54 Å². The molecule has 0 aromatic carbocycles. The van der Waals surface area contributed by atoms with Crippen molar-refractivity contribution >= 4 is 17.8 Å². The zero-order valence-electron chi connectivity index (χ0n) is 13.0. The first-order valence-electron chi connectivity index (χ1n) is 7.96. The number of nitrogens with zero attached hydrogens (tertiary/aromatic N) is 1. The number of ether oxygens (including phenoxy) is 1. The number of nitrogens with two attached hydrogens (primary N) is 2. The summed E-state index contributed by atoms with van der Waals surface area (Å²) in [5.74, 6) is -1.40. The molecule has 0 bridgehead atoms. The fourth-order valence-corrected chi connectivity index (χ4v) is 3.32. The number of carbonyl (C=O) groups is 3. The standard InChI is InChI=1S/C15H25N3O4/c1-10(16)12(19)18-9-5-6-11(18)13(20)22-15(14(17)21)7-3-2-4-8-15/h10-11H,2-9,16H2,1H3,(H2,17,21)/t10-,11-/m0/s1. The van der Waals surface area contributed by atoms with Gasteiger partial charge in [-0.15, -0.1) is 0 Å². The molecule has 1 aliphatic carbocycles. The van der Waals surface area contributed by atoms with E-state index in [4.69, 9.17) is 16.2 Å². The van der Waals surface area contributed by atoms with Crippen LogP contribution < -0.4 is 11.5 Å². The van der Waals surface area contributed by atoms with Crippen LogP contribution in [0.25, 0.3) is 0 Å². The molecule has 1 saturated heterocycles. The monoisotopic (exact) mass is 311 g/mol. The minimum absolute atomic E-state index is 0.267. The minimum atomic E-state index is -1.21. The molecule has 2 rings (SSSR count). The Labute approximate surface area is 130 Å². The highest BCUT2D eigenvalue weighted by Crippen LogP contribution is 2.33. The molecule has 0 unspecified atom stereocenters. The summed E-state index contributed by atoms with van der Waals surface area (Å²) in [5.41, 5.74) is 9.89. The topological polar surface area (TPSA) is 116 Å². The highest BCUT2D eigenvalue weighted by Gasteiger charge is 2.45. The van der Waals surface area contributed by atoms with Crippen LogP contribution in [0.5, 0.6) is 0 Å². The molecule has 0 spiro atoms. The smallest absolute Gasteiger partial charge is 0.329 e. The third-order valence-electron chi connectivity index (χ3n) is 4.60. The summed E-state index contributed by atoms with van der Waals surface area (Å²) in [5, 5.41) is 0. The van der Waals surface area contributed by atoms with E-state index in [1.807, 2.05) is 0 Å². The Morgan fingerprint density at radius 3 is 2.36 bits per heavy atom. The second-order valence-corrected chi connectivity index (χ2v) is 6.32. The van der Waals surface area contributed by atoms with Gasteiger partial charge >= 0.3 is 5.97 Å². The van der Waals surface area contributed by atoms with Crippen molar-refractivity contribution in [3.8, 4) is 0 Å². The summed E-state index contributed by atoms with van der Waals surface area (Å²) in [7, 11) is 0. The fourth-order valence-electron chi connectivity index (χ4n) is 3.32. The normalized spacial score (nSPS) is 25.5. The summed E-state index contributed by atoms with van der Waals surface area (Å²) in [6, 6.07) is -1.31. The fraction of sp³-hybridized carbons (Fsp3) is 0.800. The van der Waals surface area contributed by atoms with Crippen molar-refractivity contribution in [1.29, 1.82) is 0 Å². The highest BCUT2D eigenvalue weighted by atomic mass is 16.6. The van der Waals surface area contributed by atoms with Gasteiger partial charge in [0, 0.05) is 6.54 Å². The molecular formula is C15H25N3O4. The van der Waals surface area contributed by atoms with Gasteiger partial charge in [0.25, 0.3) is 5.91 Å². The molecule has 1 saturated carbocycles. The molecule has 0 aromatic heterocycles. The van der Waals surface area contributed by atoms with E-state index in [9.17, 15) is 14.4 Å². The molecule has 22 heavy (non-hydrogen) atoms. The minimum Gasteiger partial charge on any atom is -0.447 e. The van der Waals surface area contributed by atoms with Gasteiger partial charge in [-0.2, -0.15) is 0 Å². The number of rotatable bonds is 4. The molecule has 2 atom stereocenters. The third kappa shape index (κ3) is 3.24. The Kier molecular flexibility index (Phi) is 5.05. The van der Waals surface area contributed by atoms with Crippen LogP contribution in [0.3, 0.4) is 0 Å². The zero-order valence-corrected chi connectivity index (χ0v) is 13.0. The summed E-state index contributed by atoms with van der Waals surface area (Å²) in [4.78, 5) is 37.8. The molecule has 0 aromatic rings. The lowest BCUT2D eigenvalue weighted by Gasteiger charge is -2.35. The number of esters is 1. The second kappa shape index (κ2) is 6.64. The number of likely N-dealkylation sites (tertiary alicyclic amines) is 1. The maximum atomic E-state index is 12.5. The largest absolute Gasteiger partial charge is 0.447 e. The Morgan fingerprint density at radius 1 is 1.18 bits per heavy atom. The Bertz CT molecular complexity index is 458. The van der Waals surface area contributed by atoms with Crippen LogP contribution in [0.2, 0.25) is 0 Å². The van der Waals surface area contributed by atoms with E-state index in [2.05, 4.69) is 0 Å². The molecule has 2 aliphatic rings. The highest BCUT2D eigenvalue weighted by molar-refractivity contribution is 5.91. The molecule has 2 fully saturated rings. The predicted molar refractivity (Wildman–Crippen MR) is 79.5 cm³/mol. The van der Waals surface area contributed by atoms with Gasteiger partial charge in [-0.1, -0.05) is 6.42 Å². The van der Waals surface area contributed by atoms with E-state index < -0.39 is 29.6 Å². The number of carbonyl (C=O) groups excluding carboxylic acids is 3. The van der Waals surface area contributed by atoms with Crippen LogP contribution in [0, 0.1) is 0 Å². The quantitative estimate of drug-likeness (QED) is 0.712. The molecule has 0 radical (unpaired) electrons. The van der Waals surface area contributed by atoms with Crippen molar-refractivity contribution in [3.63, 3.8) is 0 Å². The van der Waals surface area contributed by atoms with Crippen LogP contribution in [0.1, 0.15) is 51.9 Å². The molecule has 4 N–H and O–H groups in total. The Balaban J connectivity index is 2.09. The van der Waals surface area contributed by atoms with Crippen molar-refractivity contribution in [3.05, 3.63) is 0 Å². The second-order valence-electron chi connectivity index (χ2n) is 6.32. The molecule has 2 amide bonds. The first kappa shape index (κ1) is 16.7. The lowest BCUT2D eigenvalue weighted by molar-refractivity contribution is -0.176. The van der Waals surface area contributed by atoms with E-state index in [1.165, 1.54) is 4.90 Å². The van der Waals surface area contributed by atoms with Crippen molar-refractivity contribution in [2.24, 2.45) is 11.5 Å². The average molecular weight is 311 g/mol. The molecule has 7 nitrogen and oxygen atoms in total. The number of hydrogen-bond acceptors (Lipinski definition) is 5. The summed E-state index contributed by atoms with van der Waals surface area (Å²) in [6.07, 6.45) is 4.80. The molecule has 1 aliphatic heterocycles. The van der Waals surface area contributed by atoms with Gasteiger partial charge in [-0.25, -0.2) is 4.79 Å². The number of primary amides is 1. The average Bonchev–Trinajstić information content (AvgIpc) is 2.96. The van der Waals surface area contributed by atoms with E-state index in [0.29, 0.717) is 25.8 Å². The van der Waals surface area contributed by atoms with Crippen LogP contribution in [0.4, 0.5) is 0 Å². The summed E-state index contributed by atoms with van der Waals surface area (Å²) < 4.78 is 5.54. The molecular weight excluding hydrogens is 286 g/mol. The van der Waals surface area contributed by atoms with E-state index in [-0.39, 0.29) is 5.91 Å². The molecule has 124 valence electrons. The van der Waals surface area contributed by atoms with Crippen molar-refractivity contribution < 1.29 is 19.1 Å². The third-order valence-corrected chi connectivity index (χ3v) is 4.60. The lowest BCUT2D eigenvalue weighted by atomic mass is 9.84. The van der Waals surface area contributed by atoms with E-state index in [1.54, 1.807) is 6.92 Å². The van der Waals surface area contributed by atoms with Gasteiger partial charge in [0.2, 0.25) is 5.91 Å². The maximum absolute atomic E-state index is 12.5. The lowest BCUT2D eigenvalue weighted by Crippen LogP contribution is -2.53. The Hall–Kier alpha value is -1.63. The van der Waals surface area contributed by atoms with Gasteiger partial charge < -0.3 is 21.1 Å². The van der Waals surface area contributed by atoms with E-state index in [0.717, 1.165) is 25.7 Å². The van der Waals surface area contributed by atoms with Crippen LogP contribution in [-0.2, 0) is 19.1 Å².